The first-order valence-electron chi connectivity index (χ1n) is 9.62. The molecule has 0 bridgehead atoms. The predicted octanol–water partition coefficient (Wildman–Crippen LogP) is 1.66. The molecular weight excluding hydrogens is 366 g/mol. The highest BCUT2D eigenvalue weighted by Gasteiger charge is 2.32. The highest BCUT2D eigenvalue weighted by molar-refractivity contribution is 7.09. The number of nitrogen functional groups attached to an aromatic ring is 1. The number of primary amides is 1. The Bertz CT molecular complexity index is 708. The first-order chi connectivity index (χ1) is 13.0. The van der Waals surface area contributed by atoms with Gasteiger partial charge in [-0.05, 0) is 37.2 Å². The molecule has 0 radical (unpaired) electrons. The van der Waals surface area contributed by atoms with Crippen LogP contribution in [0.4, 0.5) is 5.69 Å². The Hall–Kier alpha value is -2.16. The number of nitrogens with zero attached hydrogens (tertiary/aromatic N) is 2. The van der Waals surface area contributed by atoms with E-state index in [9.17, 15) is 14.4 Å². The summed E-state index contributed by atoms with van der Waals surface area (Å²) in [6.07, 6.45) is 9.18. The van der Waals surface area contributed by atoms with Crippen LogP contribution >= 0.6 is 11.5 Å². The zero-order valence-corrected chi connectivity index (χ0v) is 16.2. The van der Waals surface area contributed by atoms with Gasteiger partial charge in [0, 0.05) is 12.1 Å². The van der Waals surface area contributed by atoms with Crippen LogP contribution in [-0.2, 0) is 4.79 Å². The van der Waals surface area contributed by atoms with Crippen molar-refractivity contribution in [2.24, 2.45) is 5.73 Å². The molecule has 5 N–H and O–H groups in total. The van der Waals surface area contributed by atoms with Crippen LogP contribution in [0, 0.1) is 0 Å². The van der Waals surface area contributed by atoms with Crippen LogP contribution in [-0.4, -0.2) is 45.6 Å². The fourth-order valence-electron chi connectivity index (χ4n) is 4.02. The van der Waals surface area contributed by atoms with Crippen molar-refractivity contribution in [1.82, 2.24) is 14.6 Å². The molecule has 8 nitrogen and oxygen atoms in total. The molecule has 2 aliphatic carbocycles. The Labute approximate surface area is 162 Å². The number of carbonyl (C=O) groups excluding carboxylic acids is 3. The van der Waals surface area contributed by atoms with Crippen LogP contribution in [0.3, 0.4) is 0 Å². The standard InChI is InChI=1S/C18H27N5O3S/c19-14-15(17(20)25)22-27-16(14)18(26)23(12-8-2-1-3-9-12)10-13(24)21-11-6-4-5-7-11/h11-12H,1-10,19H2,(H2,20,25)(H,21,24). The van der Waals surface area contributed by atoms with Gasteiger partial charge in [0.25, 0.3) is 11.8 Å². The van der Waals surface area contributed by atoms with Gasteiger partial charge in [0.15, 0.2) is 5.69 Å². The third-order valence-electron chi connectivity index (χ3n) is 5.47. The third kappa shape index (κ3) is 4.58. The lowest BCUT2D eigenvalue weighted by Gasteiger charge is -2.34. The number of aromatic nitrogens is 1. The van der Waals surface area contributed by atoms with E-state index in [2.05, 4.69) is 9.69 Å². The van der Waals surface area contributed by atoms with Crippen molar-refractivity contribution in [2.75, 3.05) is 12.3 Å². The fraction of sp³-hybridized carbons (Fsp3) is 0.667. The maximum Gasteiger partial charge on any atom is 0.270 e. The van der Waals surface area contributed by atoms with Gasteiger partial charge in [0.2, 0.25) is 5.91 Å². The van der Waals surface area contributed by atoms with E-state index in [1.54, 1.807) is 4.90 Å². The van der Waals surface area contributed by atoms with Crippen molar-refractivity contribution in [3.05, 3.63) is 10.6 Å². The van der Waals surface area contributed by atoms with Gasteiger partial charge < -0.3 is 21.7 Å². The highest BCUT2D eigenvalue weighted by Crippen LogP contribution is 2.28. The molecule has 0 saturated heterocycles. The lowest BCUT2D eigenvalue weighted by Crippen LogP contribution is -2.48. The molecule has 1 heterocycles. The first-order valence-corrected chi connectivity index (χ1v) is 10.4. The van der Waals surface area contributed by atoms with Gasteiger partial charge in [-0.3, -0.25) is 14.4 Å². The van der Waals surface area contributed by atoms with Gasteiger partial charge in [0.1, 0.15) is 11.4 Å². The fourth-order valence-corrected chi connectivity index (χ4v) is 4.78. The van der Waals surface area contributed by atoms with Crippen LogP contribution < -0.4 is 16.8 Å². The topological polar surface area (TPSA) is 131 Å². The quantitative estimate of drug-likeness (QED) is 0.676. The zero-order valence-electron chi connectivity index (χ0n) is 15.4. The third-order valence-corrected chi connectivity index (χ3v) is 6.32. The molecule has 3 amide bonds. The second kappa shape index (κ2) is 8.69. The number of hydrogen-bond donors (Lipinski definition) is 3. The van der Waals surface area contributed by atoms with E-state index in [0.717, 1.165) is 69.3 Å². The number of carbonyl (C=O) groups is 3. The lowest BCUT2D eigenvalue weighted by atomic mass is 9.94. The second-order valence-electron chi connectivity index (χ2n) is 7.41. The molecule has 1 aromatic rings. The first kappa shape index (κ1) is 19.6. The van der Waals surface area contributed by atoms with Crippen molar-refractivity contribution in [3.63, 3.8) is 0 Å². The summed E-state index contributed by atoms with van der Waals surface area (Å²) in [7, 11) is 0. The SMILES string of the molecule is NC(=O)c1nsc(C(=O)N(CC(=O)NC2CCCC2)C2CCCCC2)c1N. The molecular formula is C18H27N5O3S. The Kier molecular flexibility index (Phi) is 6.30. The van der Waals surface area contributed by atoms with Gasteiger partial charge in [-0.15, -0.1) is 0 Å². The summed E-state index contributed by atoms with van der Waals surface area (Å²) in [5.74, 6) is -1.24. The van der Waals surface area contributed by atoms with E-state index < -0.39 is 5.91 Å². The van der Waals surface area contributed by atoms with E-state index in [1.165, 1.54) is 0 Å². The highest BCUT2D eigenvalue weighted by atomic mass is 32.1. The Balaban J connectivity index is 1.77. The zero-order chi connectivity index (χ0) is 19.4. The largest absolute Gasteiger partial charge is 0.395 e. The normalized spacial score (nSPS) is 18.4. The Morgan fingerprint density at radius 1 is 1.07 bits per heavy atom. The van der Waals surface area contributed by atoms with Crippen LogP contribution in [0.2, 0.25) is 0 Å². The molecule has 27 heavy (non-hydrogen) atoms. The minimum absolute atomic E-state index is 0.000828. The molecule has 2 aliphatic rings. The number of nitrogens with one attached hydrogen (secondary N) is 1. The molecule has 148 valence electrons. The van der Waals surface area contributed by atoms with E-state index >= 15 is 0 Å². The number of anilines is 1. The number of hydrogen-bond acceptors (Lipinski definition) is 6. The molecule has 9 heteroatoms. The maximum atomic E-state index is 13.2. The van der Waals surface area contributed by atoms with Crippen LogP contribution in [0.1, 0.15) is 77.9 Å². The summed E-state index contributed by atoms with van der Waals surface area (Å²) in [6, 6.07) is 0.204. The lowest BCUT2D eigenvalue weighted by molar-refractivity contribution is -0.123. The van der Waals surface area contributed by atoms with Crippen LogP contribution in [0.5, 0.6) is 0 Å². The van der Waals surface area contributed by atoms with Gasteiger partial charge in [-0.1, -0.05) is 32.1 Å². The molecule has 0 atom stereocenters. The molecule has 0 aromatic carbocycles. The van der Waals surface area contributed by atoms with E-state index in [1.807, 2.05) is 0 Å². The van der Waals surface area contributed by atoms with Crippen molar-refractivity contribution < 1.29 is 14.4 Å². The summed E-state index contributed by atoms with van der Waals surface area (Å²) in [6.45, 7) is 0.00322. The molecule has 0 spiro atoms. The van der Waals surface area contributed by atoms with Crippen molar-refractivity contribution in [2.45, 2.75) is 69.9 Å². The number of rotatable bonds is 6. The van der Waals surface area contributed by atoms with E-state index in [0.29, 0.717) is 0 Å². The molecule has 2 fully saturated rings. The molecule has 1 aromatic heterocycles. The summed E-state index contributed by atoms with van der Waals surface area (Å²) < 4.78 is 3.92. The van der Waals surface area contributed by atoms with Gasteiger partial charge in [-0.2, -0.15) is 4.37 Å². The average Bonchev–Trinajstić information content (AvgIpc) is 3.29. The minimum Gasteiger partial charge on any atom is -0.395 e. The van der Waals surface area contributed by atoms with E-state index in [4.69, 9.17) is 11.5 Å². The van der Waals surface area contributed by atoms with Gasteiger partial charge >= 0.3 is 0 Å². The Morgan fingerprint density at radius 2 is 1.70 bits per heavy atom. The van der Waals surface area contributed by atoms with Crippen molar-refractivity contribution in [1.29, 1.82) is 0 Å². The Morgan fingerprint density at radius 3 is 2.30 bits per heavy atom. The summed E-state index contributed by atoms with van der Waals surface area (Å²) in [5, 5.41) is 3.04. The van der Waals surface area contributed by atoms with Crippen LogP contribution in [0.15, 0.2) is 0 Å². The predicted molar refractivity (Wildman–Crippen MR) is 103 cm³/mol. The summed E-state index contributed by atoms with van der Waals surface area (Å²) in [4.78, 5) is 38.9. The smallest absolute Gasteiger partial charge is 0.270 e. The van der Waals surface area contributed by atoms with E-state index in [-0.39, 0.29) is 46.7 Å². The van der Waals surface area contributed by atoms with Crippen molar-refractivity contribution >= 4 is 34.9 Å². The second-order valence-corrected chi connectivity index (χ2v) is 8.19. The monoisotopic (exact) mass is 393 g/mol. The molecule has 3 rings (SSSR count). The van der Waals surface area contributed by atoms with Gasteiger partial charge in [0.05, 0.1) is 5.69 Å². The summed E-state index contributed by atoms with van der Waals surface area (Å²) in [5.41, 5.74) is 11.1. The van der Waals surface area contributed by atoms with Gasteiger partial charge in [-0.25, -0.2) is 0 Å². The van der Waals surface area contributed by atoms with Crippen LogP contribution in [0.25, 0.3) is 0 Å². The molecule has 0 aliphatic heterocycles. The van der Waals surface area contributed by atoms with Crippen molar-refractivity contribution in [3.8, 4) is 0 Å². The number of nitrogens with two attached hydrogens (primary N) is 2. The molecule has 0 unspecified atom stereocenters. The maximum absolute atomic E-state index is 13.2. The average molecular weight is 394 g/mol. The molecule has 2 saturated carbocycles. The number of amides is 3. The summed E-state index contributed by atoms with van der Waals surface area (Å²) >= 11 is 0.866. The minimum atomic E-state index is -0.758.